The number of anilines is 1. The Morgan fingerprint density at radius 1 is 1.35 bits per heavy atom. The number of carbonyl (C=O) groups is 1. The van der Waals surface area contributed by atoms with E-state index in [0.717, 1.165) is 25.9 Å². The summed E-state index contributed by atoms with van der Waals surface area (Å²) in [5.74, 6) is 0.658. The van der Waals surface area contributed by atoms with Gasteiger partial charge in [-0.3, -0.25) is 0 Å². The van der Waals surface area contributed by atoms with Crippen LogP contribution in [0.3, 0.4) is 0 Å². The maximum Gasteiger partial charge on any atom is 0.317 e. The highest BCUT2D eigenvalue weighted by atomic mass is 16.2. The summed E-state index contributed by atoms with van der Waals surface area (Å²) in [5, 5.41) is 5.92. The molecule has 92 valence electrons. The highest BCUT2D eigenvalue weighted by molar-refractivity contribution is 5.73. The molecule has 1 saturated heterocycles. The van der Waals surface area contributed by atoms with Gasteiger partial charge in [0.1, 0.15) is 0 Å². The Morgan fingerprint density at radius 3 is 2.59 bits per heavy atom. The maximum atomic E-state index is 11.4. The summed E-state index contributed by atoms with van der Waals surface area (Å²) < 4.78 is 0. The van der Waals surface area contributed by atoms with Crippen LogP contribution in [0, 0.1) is 0 Å². The third-order valence-electron chi connectivity index (χ3n) is 2.90. The molecule has 0 aromatic carbocycles. The number of amides is 2. The van der Waals surface area contributed by atoms with Crippen molar-refractivity contribution in [3.63, 3.8) is 0 Å². The van der Waals surface area contributed by atoms with Crippen LogP contribution in [0.2, 0.25) is 0 Å². The Balaban J connectivity index is 1.82. The number of nitrogens with zero attached hydrogens (tertiary/aromatic N) is 3. The van der Waals surface area contributed by atoms with Gasteiger partial charge in [-0.2, -0.15) is 0 Å². The lowest BCUT2D eigenvalue weighted by Crippen LogP contribution is -2.46. The molecule has 2 rings (SSSR count). The number of nitrogens with one attached hydrogen (secondary N) is 2. The van der Waals surface area contributed by atoms with Crippen LogP contribution in [0.5, 0.6) is 0 Å². The lowest BCUT2D eigenvalue weighted by Gasteiger charge is -2.31. The molecule has 0 radical (unpaired) electrons. The normalized spacial score (nSPS) is 16.6. The lowest BCUT2D eigenvalue weighted by molar-refractivity contribution is 0.186. The van der Waals surface area contributed by atoms with E-state index in [2.05, 4.69) is 20.6 Å². The number of urea groups is 1. The van der Waals surface area contributed by atoms with E-state index in [1.54, 1.807) is 25.5 Å². The Labute approximate surface area is 100 Å². The molecule has 0 bridgehead atoms. The molecule has 0 spiro atoms. The standard InChI is InChI=1S/C11H17N5O/c1-12-11(17)16-7-3-9(4-8-16)15-10-13-5-2-6-14-10/h2,5-6,9H,3-4,7-8H2,1H3,(H,12,17)(H,13,14,15). The van der Waals surface area contributed by atoms with E-state index in [0.29, 0.717) is 12.0 Å². The van der Waals surface area contributed by atoms with Crippen molar-refractivity contribution in [1.29, 1.82) is 0 Å². The molecule has 0 atom stereocenters. The largest absolute Gasteiger partial charge is 0.351 e. The number of piperidine rings is 1. The van der Waals surface area contributed by atoms with Crippen LogP contribution in [-0.2, 0) is 0 Å². The molecule has 1 aliphatic rings. The van der Waals surface area contributed by atoms with Crippen molar-refractivity contribution in [1.82, 2.24) is 20.2 Å². The molecular weight excluding hydrogens is 218 g/mol. The van der Waals surface area contributed by atoms with Gasteiger partial charge >= 0.3 is 6.03 Å². The van der Waals surface area contributed by atoms with Crippen molar-refractivity contribution < 1.29 is 4.79 Å². The van der Waals surface area contributed by atoms with Gasteiger partial charge in [-0.25, -0.2) is 14.8 Å². The van der Waals surface area contributed by atoms with Gasteiger partial charge in [0.2, 0.25) is 5.95 Å². The van der Waals surface area contributed by atoms with Gasteiger partial charge in [-0.1, -0.05) is 0 Å². The first-order valence-electron chi connectivity index (χ1n) is 5.80. The third-order valence-corrected chi connectivity index (χ3v) is 2.90. The van der Waals surface area contributed by atoms with E-state index in [4.69, 9.17) is 0 Å². The maximum absolute atomic E-state index is 11.4. The molecule has 0 aliphatic carbocycles. The molecule has 1 aromatic heterocycles. The number of carbonyl (C=O) groups excluding carboxylic acids is 1. The second kappa shape index (κ2) is 5.47. The van der Waals surface area contributed by atoms with Crippen molar-refractivity contribution in [2.24, 2.45) is 0 Å². The van der Waals surface area contributed by atoms with Crippen molar-refractivity contribution in [2.75, 3.05) is 25.5 Å². The van der Waals surface area contributed by atoms with Gasteiger partial charge < -0.3 is 15.5 Å². The van der Waals surface area contributed by atoms with Crippen molar-refractivity contribution in [3.8, 4) is 0 Å². The van der Waals surface area contributed by atoms with Crippen LogP contribution in [-0.4, -0.2) is 47.1 Å². The zero-order valence-electron chi connectivity index (χ0n) is 9.89. The molecule has 2 heterocycles. The van der Waals surface area contributed by atoms with Crippen molar-refractivity contribution in [2.45, 2.75) is 18.9 Å². The fourth-order valence-electron chi connectivity index (χ4n) is 1.94. The zero-order chi connectivity index (χ0) is 12.1. The summed E-state index contributed by atoms with van der Waals surface area (Å²) in [6, 6.07) is 2.14. The topological polar surface area (TPSA) is 70.2 Å². The predicted molar refractivity (Wildman–Crippen MR) is 64.7 cm³/mol. The second-order valence-corrected chi connectivity index (χ2v) is 4.03. The Kier molecular flexibility index (Phi) is 3.74. The first kappa shape index (κ1) is 11.6. The summed E-state index contributed by atoms with van der Waals surface area (Å²) in [6.45, 7) is 1.54. The van der Waals surface area contributed by atoms with Crippen LogP contribution in [0.4, 0.5) is 10.7 Å². The monoisotopic (exact) mass is 235 g/mol. The molecule has 6 nitrogen and oxygen atoms in total. The SMILES string of the molecule is CNC(=O)N1CCC(Nc2ncccn2)CC1. The summed E-state index contributed by atoms with van der Waals surface area (Å²) in [6.07, 6.45) is 5.28. The summed E-state index contributed by atoms with van der Waals surface area (Å²) in [7, 11) is 1.66. The van der Waals surface area contributed by atoms with Gasteiger partial charge in [0, 0.05) is 38.6 Å². The molecule has 1 fully saturated rings. The average Bonchev–Trinajstić information content (AvgIpc) is 2.40. The minimum absolute atomic E-state index is 0.000545. The van der Waals surface area contributed by atoms with E-state index in [-0.39, 0.29) is 6.03 Å². The Hall–Kier alpha value is -1.85. The number of likely N-dealkylation sites (tertiary alicyclic amines) is 1. The molecule has 1 aliphatic heterocycles. The summed E-state index contributed by atoms with van der Waals surface area (Å²) >= 11 is 0. The number of hydrogen-bond donors (Lipinski definition) is 2. The van der Waals surface area contributed by atoms with Crippen LogP contribution >= 0.6 is 0 Å². The van der Waals surface area contributed by atoms with E-state index >= 15 is 0 Å². The fraction of sp³-hybridized carbons (Fsp3) is 0.545. The highest BCUT2D eigenvalue weighted by Gasteiger charge is 2.22. The molecule has 0 saturated carbocycles. The first-order valence-corrected chi connectivity index (χ1v) is 5.80. The molecule has 2 N–H and O–H groups in total. The smallest absolute Gasteiger partial charge is 0.317 e. The summed E-state index contributed by atoms with van der Waals surface area (Å²) in [4.78, 5) is 21.5. The number of aromatic nitrogens is 2. The van der Waals surface area contributed by atoms with Crippen molar-refractivity contribution >= 4 is 12.0 Å². The highest BCUT2D eigenvalue weighted by Crippen LogP contribution is 2.13. The fourth-order valence-corrected chi connectivity index (χ4v) is 1.94. The third kappa shape index (κ3) is 3.05. The van der Waals surface area contributed by atoms with Crippen LogP contribution in [0.25, 0.3) is 0 Å². The van der Waals surface area contributed by atoms with Crippen LogP contribution in [0.15, 0.2) is 18.5 Å². The average molecular weight is 235 g/mol. The molecule has 0 unspecified atom stereocenters. The molecule has 17 heavy (non-hydrogen) atoms. The van der Waals surface area contributed by atoms with Gasteiger partial charge in [-0.05, 0) is 18.9 Å². The lowest BCUT2D eigenvalue weighted by atomic mass is 10.1. The van der Waals surface area contributed by atoms with E-state index in [9.17, 15) is 4.79 Å². The van der Waals surface area contributed by atoms with Gasteiger partial charge in [0.05, 0.1) is 0 Å². The second-order valence-electron chi connectivity index (χ2n) is 4.03. The van der Waals surface area contributed by atoms with E-state index in [1.165, 1.54) is 0 Å². The predicted octanol–water partition coefficient (Wildman–Crippen LogP) is 0.692. The Morgan fingerprint density at radius 2 is 2.00 bits per heavy atom. The minimum atomic E-state index is -0.000545. The first-order chi connectivity index (χ1) is 8.29. The minimum Gasteiger partial charge on any atom is -0.351 e. The molecule has 1 aromatic rings. The summed E-state index contributed by atoms with van der Waals surface area (Å²) in [5.41, 5.74) is 0. The van der Waals surface area contributed by atoms with Crippen LogP contribution in [0.1, 0.15) is 12.8 Å². The molecule has 6 heteroatoms. The van der Waals surface area contributed by atoms with E-state index < -0.39 is 0 Å². The van der Waals surface area contributed by atoms with Crippen LogP contribution < -0.4 is 10.6 Å². The Bertz CT molecular complexity index is 361. The molecular formula is C11H17N5O. The van der Waals surface area contributed by atoms with E-state index in [1.807, 2.05) is 4.90 Å². The number of rotatable bonds is 2. The van der Waals surface area contributed by atoms with Gasteiger partial charge in [-0.15, -0.1) is 0 Å². The quantitative estimate of drug-likeness (QED) is 0.791. The van der Waals surface area contributed by atoms with Gasteiger partial charge in [0.15, 0.2) is 0 Å². The number of hydrogen-bond acceptors (Lipinski definition) is 4. The molecule has 2 amide bonds. The van der Waals surface area contributed by atoms with Crippen molar-refractivity contribution in [3.05, 3.63) is 18.5 Å². The van der Waals surface area contributed by atoms with Gasteiger partial charge in [0.25, 0.3) is 0 Å². The zero-order valence-corrected chi connectivity index (χ0v) is 9.89.